The zero-order valence-corrected chi connectivity index (χ0v) is 19.0. The molecule has 0 saturated heterocycles. The summed E-state index contributed by atoms with van der Waals surface area (Å²) in [5.74, 6) is 2.16. The summed E-state index contributed by atoms with van der Waals surface area (Å²) in [7, 11) is 1.97. The van der Waals surface area contributed by atoms with Crippen molar-refractivity contribution in [2.24, 2.45) is 34.5 Å². The number of hydrogen-bond acceptors (Lipinski definition) is 4. The highest BCUT2D eigenvalue weighted by atomic mass is 32.2. The molecular formula is C25H32N2O2S. The zero-order valence-electron chi connectivity index (χ0n) is 18.2. The van der Waals surface area contributed by atoms with Gasteiger partial charge in [0.25, 0.3) is 0 Å². The summed E-state index contributed by atoms with van der Waals surface area (Å²) in [5, 5.41) is 1.12. The normalized spacial score (nSPS) is 42.4. The van der Waals surface area contributed by atoms with Gasteiger partial charge in [-0.2, -0.15) is 0 Å². The Hall–Kier alpha value is -1.62. The highest BCUT2D eigenvalue weighted by Crippen LogP contribution is 2.66. The number of carbonyl (C=O) groups excluding carboxylic acids is 2. The second kappa shape index (κ2) is 7.22. The molecule has 0 bridgehead atoms. The lowest BCUT2D eigenvalue weighted by Gasteiger charge is -2.60. The van der Waals surface area contributed by atoms with Crippen LogP contribution in [0, 0.1) is 34.5 Å². The van der Waals surface area contributed by atoms with E-state index in [-0.39, 0.29) is 22.7 Å². The second-order valence-electron chi connectivity index (χ2n) is 10.4. The van der Waals surface area contributed by atoms with Gasteiger partial charge in [0.05, 0.1) is 0 Å². The molecular weight excluding hydrogens is 392 g/mol. The van der Waals surface area contributed by atoms with Crippen molar-refractivity contribution in [3.63, 3.8) is 0 Å². The first-order chi connectivity index (χ1) is 14.3. The molecule has 0 N–H and O–H groups in total. The molecule has 4 unspecified atom stereocenters. The monoisotopic (exact) mass is 424 g/mol. The number of likely N-dealkylation sites (N-methyl/N-ethyl adjacent to an activating group) is 1. The van der Waals surface area contributed by atoms with Crippen molar-refractivity contribution in [1.82, 2.24) is 9.88 Å². The van der Waals surface area contributed by atoms with Gasteiger partial charge in [-0.1, -0.05) is 26.0 Å². The van der Waals surface area contributed by atoms with Gasteiger partial charge < -0.3 is 4.90 Å². The van der Waals surface area contributed by atoms with Gasteiger partial charge in [0.15, 0.2) is 5.12 Å². The smallest absolute Gasteiger partial charge is 0.246 e. The molecule has 2 heterocycles. The minimum absolute atomic E-state index is 0.0672. The third kappa shape index (κ3) is 2.91. The molecule has 7 atom stereocenters. The molecule has 160 valence electrons. The van der Waals surface area contributed by atoms with Crippen LogP contribution in [-0.2, 0) is 9.59 Å². The van der Waals surface area contributed by atoms with Crippen molar-refractivity contribution in [2.45, 2.75) is 63.4 Å². The first-order valence-corrected chi connectivity index (χ1v) is 12.2. The van der Waals surface area contributed by atoms with Gasteiger partial charge >= 0.3 is 0 Å². The van der Waals surface area contributed by atoms with Gasteiger partial charge in [-0.25, -0.2) is 4.98 Å². The zero-order chi connectivity index (χ0) is 21.1. The molecule has 1 aromatic heterocycles. The Labute approximate surface area is 183 Å². The number of carbonyl (C=O) groups is 2. The summed E-state index contributed by atoms with van der Waals surface area (Å²) in [6.45, 7) is 4.77. The maximum Gasteiger partial charge on any atom is 0.246 e. The highest BCUT2D eigenvalue weighted by Gasteiger charge is 2.61. The minimum Gasteiger partial charge on any atom is -0.338 e. The minimum atomic E-state index is 0.0672. The van der Waals surface area contributed by atoms with E-state index >= 15 is 0 Å². The van der Waals surface area contributed by atoms with E-state index in [4.69, 9.17) is 0 Å². The summed E-state index contributed by atoms with van der Waals surface area (Å²) in [4.78, 5) is 31.9. The van der Waals surface area contributed by atoms with Crippen LogP contribution in [0.15, 0.2) is 41.6 Å². The van der Waals surface area contributed by atoms with Gasteiger partial charge in [0.2, 0.25) is 5.91 Å². The molecule has 0 spiro atoms. The maximum absolute atomic E-state index is 13.3. The van der Waals surface area contributed by atoms with Crippen LogP contribution in [0.1, 0.15) is 52.4 Å². The van der Waals surface area contributed by atoms with Crippen molar-refractivity contribution >= 4 is 22.8 Å². The molecule has 1 amide bonds. The van der Waals surface area contributed by atoms with Crippen molar-refractivity contribution in [2.75, 3.05) is 7.05 Å². The Kier molecular flexibility index (Phi) is 4.88. The fourth-order valence-electron chi connectivity index (χ4n) is 7.71. The summed E-state index contributed by atoms with van der Waals surface area (Å²) in [6, 6.07) is 6.10. The lowest BCUT2D eigenvalue weighted by molar-refractivity contribution is -0.140. The van der Waals surface area contributed by atoms with Crippen molar-refractivity contribution < 1.29 is 9.59 Å². The Morgan fingerprint density at radius 2 is 1.97 bits per heavy atom. The summed E-state index contributed by atoms with van der Waals surface area (Å²) in [6.07, 6.45) is 12.5. The van der Waals surface area contributed by atoms with Gasteiger partial charge in [-0.05, 0) is 91.7 Å². The fourth-order valence-corrected chi connectivity index (χ4v) is 8.70. The van der Waals surface area contributed by atoms with E-state index in [1.54, 1.807) is 12.3 Å². The molecule has 1 aliphatic heterocycles. The van der Waals surface area contributed by atoms with Gasteiger partial charge in [-0.3, -0.25) is 9.59 Å². The van der Waals surface area contributed by atoms with Gasteiger partial charge in [0, 0.05) is 30.6 Å². The molecule has 3 fully saturated rings. The predicted octanol–water partition coefficient (Wildman–Crippen LogP) is 4.96. The van der Waals surface area contributed by atoms with E-state index in [0.29, 0.717) is 28.9 Å². The molecule has 5 heteroatoms. The average molecular weight is 425 g/mol. The SMILES string of the molecule is CN1C(=O)C=C[C@]2(C)C3CC[C@@]4(C)C(CC[C@@H]4C(=O)Sc4ccccn4)C3CCC12. The topological polar surface area (TPSA) is 50.3 Å². The van der Waals surface area contributed by atoms with Crippen LogP contribution in [0.4, 0.5) is 0 Å². The molecule has 4 nitrogen and oxygen atoms in total. The number of nitrogens with zero attached hydrogens (tertiary/aromatic N) is 2. The van der Waals surface area contributed by atoms with Crippen LogP contribution in [0.2, 0.25) is 0 Å². The predicted molar refractivity (Wildman–Crippen MR) is 119 cm³/mol. The number of aromatic nitrogens is 1. The van der Waals surface area contributed by atoms with Crippen LogP contribution in [-0.4, -0.2) is 34.0 Å². The van der Waals surface area contributed by atoms with E-state index in [1.807, 2.05) is 30.1 Å². The van der Waals surface area contributed by atoms with Gasteiger partial charge in [-0.15, -0.1) is 0 Å². The Morgan fingerprint density at radius 1 is 1.13 bits per heavy atom. The van der Waals surface area contributed by atoms with Gasteiger partial charge in [0.1, 0.15) is 5.03 Å². The van der Waals surface area contributed by atoms with Crippen LogP contribution in [0.3, 0.4) is 0 Å². The number of pyridine rings is 1. The lowest BCUT2D eigenvalue weighted by atomic mass is 9.48. The standard InChI is InChI=1S/C25H32N2O2S/c1-24-13-11-18-16(7-10-20-25(18,2)14-12-22(28)27(20)3)17(24)8-9-19(24)23(29)30-21-6-4-5-15-26-21/h4-6,12,14-20H,7-11,13H2,1-3H3/t16?,17?,18?,19-,20?,24+,25-/m1/s1. The lowest BCUT2D eigenvalue weighted by Crippen LogP contribution is -2.59. The van der Waals surface area contributed by atoms with Crippen LogP contribution >= 0.6 is 11.8 Å². The second-order valence-corrected chi connectivity index (χ2v) is 11.4. The molecule has 0 radical (unpaired) electrons. The molecule has 3 aliphatic carbocycles. The number of thioether (sulfide) groups is 1. The fraction of sp³-hybridized carbons (Fsp3) is 0.640. The van der Waals surface area contributed by atoms with Crippen molar-refractivity contribution in [1.29, 1.82) is 0 Å². The first kappa shape index (κ1) is 20.3. The third-order valence-electron chi connectivity index (χ3n) is 9.26. The Bertz CT molecular complexity index is 886. The van der Waals surface area contributed by atoms with Crippen LogP contribution in [0.5, 0.6) is 0 Å². The highest BCUT2D eigenvalue weighted by molar-refractivity contribution is 8.13. The van der Waals surface area contributed by atoms with Crippen LogP contribution in [0.25, 0.3) is 0 Å². The largest absolute Gasteiger partial charge is 0.338 e. The molecule has 30 heavy (non-hydrogen) atoms. The number of rotatable bonds is 2. The summed E-state index contributed by atoms with van der Waals surface area (Å²) >= 11 is 1.34. The average Bonchev–Trinajstić information content (AvgIpc) is 3.09. The number of amides is 1. The Balaban J connectivity index is 1.38. The van der Waals surface area contributed by atoms with E-state index in [1.165, 1.54) is 18.2 Å². The quantitative estimate of drug-likeness (QED) is 0.630. The Morgan fingerprint density at radius 3 is 2.73 bits per heavy atom. The number of fused-ring (bicyclic) bond motifs is 5. The van der Waals surface area contributed by atoms with Crippen LogP contribution < -0.4 is 0 Å². The summed E-state index contributed by atoms with van der Waals surface area (Å²) < 4.78 is 0. The van der Waals surface area contributed by atoms with E-state index in [0.717, 1.165) is 37.1 Å². The van der Waals surface area contributed by atoms with E-state index in [9.17, 15) is 9.59 Å². The molecule has 3 saturated carbocycles. The first-order valence-electron chi connectivity index (χ1n) is 11.4. The maximum atomic E-state index is 13.3. The van der Waals surface area contributed by atoms with Crippen molar-refractivity contribution in [3.8, 4) is 0 Å². The molecule has 5 rings (SSSR count). The van der Waals surface area contributed by atoms with E-state index in [2.05, 4.69) is 24.9 Å². The molecule has 1 aromatic rings. The molecule has 0 aromatic carbocycles. The molecule has 4 aliphatic rings. The third-order valence-corrected chi connectivity index (χ3v) is 10.2. The van der Waals surface area contributed by atoms with E-state index < -0.39 is 0 Å². The summed E-state index contributed by atoms with van der Waals surface area (Å²) in [5.41, 5.74) is 0.168. The van der Waals surface area contributed by atoms with Crippen molar-refractivity contribution in [3.05, 3.63) is 36.5 Å². The number of hydrogen-bond donors (Lipinski definition) is 0.